The summed E-state index contributed by atoms with van der Waals surface area (Å²) in [6, 6.07) is 21.0. The summed E-state index contributed by atoms with van der Waals surface area (Å²) in [5, 5.41) is 12.1. The summed E-state index contributed by atoms with van der Waals surface area (Å²) in [6.45, 7) is 4.93. The Kier molecular flexibility index (Phi) is 11.0. The number of hydrogen-bond donors (Lipinski definition) is 0. The number of nitriles is 1. The number of rotatable bonds is 6. The minimum absolute atomic E-state index is 0.0422. The number of ether oxygens (including phenoxy) is 1. The van der Waals surface area contributed by atoms with E-state index in [-0.39, 0.29) is 37.6 Å². The largest absolute Gasteiger partial charge is 0.467 e. The van der Waals surface area contributed by atoms with Crippen LogP contribution in [0.4, 0.5) is 14.6 Å². The van der Waals surface area contributed by atoms with Gasteiger partial charge in [0.25, 0.3) is 5.91 Å². The number of fused-ring (bicyclic) bond motifs is 2. The van der Waals surface area contributed by atoms with Crippen molar-refractivity contribution in [2.45, 2.75) is 32.2 Å². The normalized spacial score (nSPS) is 16.6. The molecule has 0 saturated carbocycles. The zero-order valence-corrected chi connectivity index (χ0v) is 29.5. The van der Waals surface area contributed by atoms with E-state index in [9.17, 15) is 10.1 Å². The molecule has 2 aliphatic heterocycles. The van der Waals surface area contributed by atoms with Gasteiger partial charge in [0.15, 0.2) is 11.6 Å². The van der Waals surface area contributed by atoms with E-state index in [4.69, 9.17) is 16.3 Å². The van der Waals surface area contributed by atoms with Gasteiger partial charge in [0.2, 0.25) is 0 Å². The molecule has 51 heavy (non-hydrogen) atoms. The molecule has 3 aromatic carbocycles. The Balaban J connectivity index is 0.000000677. The van der Waals surface area contributed by atoms with E-state index in [0.29, 0.717) is 38.7 Å². The first-order valence-electron chi connectivity index (χ1n) is 16.8. The van der Waals surface area contributed by atoms with Gasteiger partial charge in [-0.1, -0.05) is 54.1 Å². The van der Waals surface area contributed by atoms with E-state index in [0.717, 1.165) is 16.8 Å². The van der Waals surface area contributed by atoms with Crippen LogP contribution in [0.2, 0.25) is 5.02 Å². The number of carbonyl (C=O) groups is 1. The van der Waals surface area contributed by atoms with Gasteiger partial charge in [-0.3, -0.25) is 9.78 Å². The maximum atomic E-state index is 16.4. The van der Waals surface area contributed by atoms with Crippen LogP contribution in [0, 0.1) is 24.1 Å². The average molecular weight is 710 g/mol. The summed E-state index contributed by atoms with van der Waals surface area (Å²) in [5.41, 5.74) is 2.00. The molecule has 0 spiro atoms. The van der Waals surface area contributed by atoms with Gasteiger partial charge in [0.05, 0.1) is 31.3 Å². The lowest BCUT2D eigenvalue weighted by molar-refractivity contribution is -0.131. The molecule has 2 aliphatic rings. The molecular formula is C39H38ClF2N7O2. The zero-order valence-electron chi connectivity index (χ0n) is 28.7. The molecule has 0 aliphatic carbocycles. The number of anilines is 1. The minimum atomic E-state index is -0.971. The van der Waals surface area contributed by atoms with Gasteiger partial charge in [0.1, 0.15) is 11.3 Å². The zero-order chi connectivity index (χ0) is 36.1. The third-order valence-electron chi connectivity index (χ3n) is 9.18. The second kappa shape index (κ2) is 15.8. The Morgan fingerprint density at radius 2 is 1.75 bits per heavy atom. The molecule has 5 aromatic rings. The first-order valence-corrected chi connectivity index (χ1v) is 17.2. The van der Waals surface area contributed by atoms with Crippen molar-refractivity contribution in [3.8, 4) is 23.2 Å². The molecule has 0 radical (unpaired) electrons. The number of halogens is 3. The van der Waals surface area contributed by atoms with E-state index in [1.165, 1.54) is 37.9 Å². The van der Waals surface area contributed by atoms with E-state index >= 15 is 8.78 Å². The Morgan fingerprint density at radius 3 is 2.43 bits per heavy atom. The summed E-state index contributed by atoms with van der Waals surface area (Å²) >= 11 is 6.54. The number of nitrogens with zero attached hydrogens (tertiary/aromatic N) is 7. The fraction of sp³-hybridized carbons (Fsp3) is 0.308. The monoisotopic (exact) mass is 709 g/mol. The Labute approximate surface area is 300 Å². The van der Waals surface area contributed by atoms with Crippen molar-refractivity contribution in [2.75, 3.05) is 51.8 Å². The van der Waals surface area contributed by atoms with Gasteiger partial charge in [-0.25, -0.2) is 8.78 Å². The Bertz CT molecular complexity index is 2140. The Morgan fingerprint density at radius 1 is 1.00 bits per heavy atom. The van der Waals surface area contributed by atoms with Crippen LogP contribution < -0.4 is 9.64 Å². The first-order chi connectivity index (χ1) is 24.7. The number of pyridine rings is 1. The van der Waals surface area contributed by atoms with Gasteiger partial charge in [0, 0.05) is 52.8 Å². The molecule has 7 rings (SSSR count). The van der Waals surface area contributed by atoms with Crippen LogP contribution in [-0.4, -0.2) is 83.6 Å². The van der Waals surface area contributed by atoms with Crippen molar-refractivity contribution >= 4 is 51.1 Å². The fourth-order valence-corrected chi connectivity index (χ4v) is 6.91. The van der Waals surface area contributed by atoms with Crippen LogP contribution in [0.25, 0.3) is 38.9 Å². The molecule has 12 heteroatoms. The number of aryl methyl sites for hydroxylation is 1. The smallest absolute Gasteiger partial charge is 0.318 e. The lowest BCUT2D eigenvalue weighted by Gasteiger charge is -2.41. The molecule has 2 aromatic heterocycles. The van der Waals surface area contributed by atoms with Crippen LogP contribution >= 0.6 is 11.6 Å². The van der Waals surface area contributed by atoms with Gasteiger partial charge in [-0.05, 0) is 75.1 Å². The van der Waals surface area contributed by atoms with E-state index in [2.05, 4.69) is 33.0 Å². The molecular weight excluding hydrogens is 672 g/mol. The standard InChI is InChI=1S/C34H27ClF2N6O2.C5H11N/c1-20-6-3-9-22(39-20)18-28(36)33(44)43-17-16-42(19-23(43)14-15-38)32-26-13-12-25(30(37)31(26)40-34(41-32)45-2)24-10-4-7-21-8-5-11-27(35)29(21)24;1-6-4-2-3-5-6/h3-13,18,23H,14,16-17,19H2,1-2H3;2-5H2,1H3/b28-18-;. The van der Waals surface area contributed by atoms with E-state index in [1.54, 1.807) is 43.3 Å². The predicted molar refractivity (Wildman–Crippen MR) is 197 cm³/mol. The molecule has 1 unspecified atom stereocenters. The molecule has 262 valence electrons. The SMILES string of the molecule is CN1CCCC1.COc1nc(N2CCN(C(=O)/C(F)=C/c3cccc(C)n3)C(CC#N)C2)c2ccc(-c3cccc4cccc(Cl)c34)c(F)c2n1. The maximum Gasteiger partial charge on any atom is 0.318 e. The second-order valence-electron chi connectivity index (χ2n) is 12.7. The van der Waals surface area contributed by atoms with Crippen LogP contribution in [0.5, 0.6) is 6.01 Å². The molecule has 4 heterocycles. The van der Waals surface area contributed by atoms with Crippen molar-refractivity contribution in [2.24, 2.45) is 0 Å². The number of carbonyl (C=O) groups excluding carboxylic acids is 1. The van der Waals surface area contributed by atoms with E-state index < -0.39 is 23.6 Å². The third kappa shape index (κ3) is 7.77. The van der Waals surface area contributed by atoms with Crippen molar-refractivity contribution in [3.05, 3.63) is 94.8 Å². The first kappa shape index (κ1) is 35.6. The average Bonchev–Trinajstić information content (AvgIpc) is 3.62. The second-order valence-corrected chi connectivity index (χ2v) is 13.1. The van der Waals surface area contributed by atoms with Gasteiger partial charge in [-0.15, -0.1) is 0 Å². The number of amides is 1. The van der Waals surface area contributed by atoms with Crippen LogP contribution in [0.3, 0.4) is 0 Å². The van der Waals surface area contributed by atoms with Crippen LogP contribution in [-0.2, 0) is 4.79 Å². The molecule has 1 amide bonds. The van der Waals surface area contributed by atoms with Gasteiger partial charge < -0.3 is 19.4 Å². The van der Waals surface area contributed by atoms with Crippen molar-refractivity contribution in [1.82, 2.24) is 24.8 Å². The number of methoxy groups -OCH3 is 1. The predicted octanol–water partition coefficient (Wildman–Crippen LogP) is 7.61. The molecule has 1 atom stereocenters. The molecule has 2 saturated heterocycles. The number of benzene rings is 3. The minimum Gasteiger partial charge on any atom is -0.467 e. The number of aromatic nitrogens is 3. The summed E-state index contributed by atoms with van der Waals surface area (Å²) in [5.74, 6) is -1.98. The van der Waals surface area contributed by atoms with Crippen LogP contribution in [0.15, 0.2) is 72.6 Å². The van der Waals surface area contributed by atoms with Crippen molar-refractivity contribution in [1.29, 1.82) is 5.26 Å². The molecule has 0 N–H and O–H groups in total. The summed E-state index contributed by atoms with van der Waals surface area (Å²) in [4.78, 5) is 31.9. The summed E-state index contributed by atoms with van der Waals surface area (Å²) in [6.07, 6.45) is 3.88. The topological polar surface area (TPSA) is 98.5 Å². The highest BCUT2D eigenvalue weighted by Crippen LogP contribution is 2.39. The highest BCUT2D eigenvalue weighted by atomic mass is 35.5. The van der Waals surface area contributed by atoms with Crippen molar-refractivity contribution in [3.63, 3.8) is 0 Å². The Hall–Kier alpha value is -5.18. The van der Waals surface area contributed by atoms with Gasteiger partial charge in [-0.2, -0.15) is 15.2 Å². The number of hydrogen-bond acceptors (Lipinski definition) is 8. The van der Waals surface area contributed by atoms with Crippen LogP contribution in [0.1, 0.15) is 30.7 Å². The number of likely N-dealkylation sites (tertiary alicyclic amines) is 1. The van der Waals surface area contributed by atoms with E-state index in [1.807, 2.05) is 35.2 Å². The highest BCUT2D eigenvalue weighted by molar-refractivity contribution is 6.36. The lowest BCUT2D eigenvalue weighted by Crippen LogP contribution is -2.55. The fourth-order valence-electron chi connectivity index (χ4n) is 6.63. The summed E-state index contributed by atoms with van der Waals surface area (Å²) < 4.78 is 36.9. The maximum absolute atomic E-state index is 16.4. The lowest BCUT2D eigenvalue weighted by atomic mass is 9.96. The number of piperazine rings is 1. The molecule has 0 bridgehead atoms. The highest BCUT2D eigenvalue weighted by Gasteiger charge is 2.34. The summed E-state index contributed by atoms with van der Waals surface area (Å²) in [7, 11) is 3.57. The third-order valence-corrected chi connectivity index (χ3v) is 9.50. The van der Waals surface area contributed by atoms with Gasteiger partial charge >= 0.3 is 6.01 Å². The molecule has 9 nitrogen and oxygen atoms in total. The van der Waals surface area contributed by atoms with Crippen molar-refractivity contribution < 1.29 is 18.3 Å². The molecule has 2 fully saturated rings. The quantitative estimate of drug-likeness (QED) is 0.166.